The number of nitrogens with zero attached hydrogens (tertiary/aromatic N) is 1. The van der Waals surface area contributed by atoms with Gasteiger partial charge < -0.3 is 14.3 Å². The van der Waals surface area contributed by atoms with E-state index in [4.69, 9.17) is 9.47 Å². The van der Waals surface area contributed by atoms with E-state index in [2.05, 4.69) is 4.98 Å². The van der Waals surface area contributed by atoms with Crippen molar-refractivity contribution in [2.24, 2.45) is 0 Å². The summed E-state index contributed by atoms with van der Waals surface area (Å²) >= 11 is 1.50. The van der Waals surface area contributed by atoms with E-state index in [0.717, 1.165) is 15.8 Å². The molecule has 0 N–H and O–H groups in total. The first kappa shape index (κ1) is 16.5. The van der Waals surface area contributed by atoms with Crippen LogP contribution in [0, 0.1) is 0 Å². The van der Waals surface area contributed by atoms with Crippen LogP contribution >= 0.6 is 11.3 Å². The fourth-order valence-electron chi connectivity index (χ4n) is 2.37. The van der Waals surface area contributed by atoms with Crippen LogP contribution in [0.2, 0.25) is 0 Å². The van der Waals surface area contributed by atoms with Crippen LogP contribution in [0.4, 0.5) is 0 Å². The van der Waals surface area contributed by atoms with Crippen molar-refractivity contribution in [2.75, 3.05) is 6.61 Å². The molecular weight excluding hydrogens is 322 g/mol. The number of ether oxygens (including phenoxy) is 2. The lowest BCUT2D eigenvalue weighted by atomic mass is 10.1. The van der Waals surface area contributed by atoms with Gasteiger partial charge in [0, 0.05) is 6.42 Å². The molecule has 0 bridgehead atoms. The van der Waals surface area contributed by atoms with Crippen LogP contribution in [0.1, 0.15) is 25.8 Å². The Bertz CT molecular complexity index is 824. The smallest absolute Gasteiger partial charge is 0.279 e. The Morgan fingerprint density at radius 2 is 2.00 bits per heavy atom. The highest BCUT2D eigenvalue weighted by molar-refractivity contribution is 7.20. The van der Waals surface area contributed by atoms with E-state index in [-0.39, 0.29) is 5.78 Å². The molecule has 1 aromatic heterocycles. The van der Waals surface area contributed by atoms with Gasteiger partial charge in [0.1, 0.15) is 5.78 Å². The Morgan fingerprint density at radius 1 is 1.17 bits per heavy atom. The number of carbonyl (C=O) groups is 1. The molecule has 0 radical (unpaired) electrons. The van der Waals surface area contributed by atoms with Crippen molar-refractivity contribution in [3.05, 3.63) is 48.0 Å². The van der Waals surface area contributed by atoms with Gasteiger partial charge in [-0.15, -0.1) is 0 Å². The first-order valence-electron chi connectivity index (χ1n) is 7.94. The molecule has 0 spiro atoms. The predicted molar refractivity (Wildman–Crippen MR) is 96.3 cm³/mol. The number of thiazole rings is 1. The van der Waals surface area contributed by atoms with Crippen molar-refractivity contribution >= 4 is 27.3 Å². The molecule has 4 nitrogen and oxygen atoms in total. The van der Waals surface area contributed by atoms with E-state index in [0.29, 0.717) is 36.1 Å². The van der Waals surface area contributed by atoms with Crippen LogP contribution in [0.15, 0.2) is 42.5 Å². The molecule has 0 saturated carbocycles. The number of para-hydroxylation sites is 1. The molecule has 0 amide bonds. The lowest BCUT2D eigenvalue weighted by molar-refractivity contribution is -0.116. The number of fused-ring (bicyclic) bond motifs is 1. The SMILES string of the molecule is CCOc1cc(CCC(C)=O)ccc1Oc1nc2ccccc2s1. The highest BCUT2D eigenvalue weighted by Gasteiger charge is 2.11. The molecule has 3 rings (SSSR count). The fraction of sp³-hybridized carbons (Fsp3) is 0.263. The molecule has 0 saturated heterocycles. The maximum absolute atomic E-state index is 11.2. The summed E-state index contributed by atoms with van der Waals surface area (Å²) in [6.07, 6.45) is 1.24. The molecule has 24 heavy (non-hydrogen) atoms. The highest BCUT2D eigenvalue weighted by atomic mass is 32.1. The number of ketones is 1. The van der Waals surface area contributed by atoms with E-state index in [1.165, 1.54) is 11.3 Å². The highest BCUT2D eigenvalue weighted by Crippen LogP contribution is 2.36. The molecule has 2 aromatic carbocycles. The summed E-state index contributed by atoms with van der Waals surface area (Å²) in [5, 5.41) is 0.591. The topological polar surface area (TPSA) is 48.4 Å². The molecule has 0 aliphatic carbocycles. The second-order valence-electron chi connectivity index (χ2n) is 5.47. The van der Waals surface area contributed by atoms with Gasteiger partial charge in [0.15, 0.2) is 11.5 Å². The average Bonchev–Trinajstić information content (AvgIpc) is 2.97. The molecule has 1 heterocycles. The number of hydrogen-bond donors (Lipinski definition) is 0. The Morgan fingerprint density at radius 3 is 2.75 bits per heavy atom. The largest absolute Gasteiger partial charge is 0.490 e. The maximum Gasteiger partial charge on any atom is 0.279 e. The molecule has 0 unspecified atom stereocenters. The van der Waals surface area contributed by atoms with Gasteiger partial charge in [-0.1, -0.05) is 29.5 Å². The second kappa shape index (κ2) is 7.45. The van der Waals surface area contributed by atoms with Crippen LogP contribution < -0.4 is 9.47 Å². The van der Waals surface area contributed by atoms with Crippen molar-refractivity contribution < 1.29 is 14.3 Å². The molecule has 0 aliphatic rings. The predicted octanol–water partition coefficient (Wildman–Crippen LogP) is 5.01. The van der Waals surface area contributed by atoms with E-state index in [1.807, 2.05) is 49.4 Å². The zero-order chi connectivity index (χ0) is 16.9. The van der Waals surface area contributed by atoms with Crippen molar-refractivity contribution in [2.45, 2.75) is 26.7 Å². The Kier molecular flexibility index (Phi) is 5.11. The Hall–Kier alpha value is -2.40. The van der Waals surface area contributed by atoms with Gasteiger partial charge in [0.2, 0.25) is 0 Å². The van der Waals surface area contributed by atoms with Crippen LogP contribution in [0.25, 0.3) is 10.2 Å². The minimum absolute atomic E-state index is 0.183. The zero-order valence-electron chi connectivity index (χ0n) is 13.7. The lowest BCUT2D eigenvalue weighted by Gasteiger charge is -2.11. The van der Waals surface area contributed by atoms with Crippen LogP contribution in [0.5, 0.6) is 16.7 Å². The summed E-state index contributed by atoms with van der Waals surface area (Å²) in [5.41, 5.74) is 1.99. The van der Waals surface area contributed by atoms with E-state index in [9.17, 15) is 4.79 Å². The normalized spacial score (nSPS) is 10.8. The minimum atomic E-state index is 0.183. The van der Waals surface area contributed by atoms with E-state index in [1.54, 1.807) is 6.92 Å². The van der Waals surface area contributed by atoms with Gasteiger partial charge in [-0.3, -0.25) is 0 Å². The number of carbonyl (C=O) groups excluding carboxylic acids is 1. The van der Waals surface area contributed by atoms with Gasteiger partial charge in [-0.05, 0) is 50.1 Å². The zero-order valence-corrected chi connectivity index (χ0v) is 14.6. The van der Waals surface area contributed by atoms with Gasteiger partial charge in [0.25, 0.3) is 5.19 Å². The summed E-state index contributed by atoms with van der Waals surface area (Å²) in [6.45, 7) is 4.09. The maximum atomic E-state index is 11.2. The summed E-state index contributed by atoms with van der Waals surface area (Å²) < 4.78 is 12.7. The second-order valence-corrected chi connectivity index (χ2v) is 6.46. The van der Waals surface area contributed by atoms with Crippen LogP contribution in [-0.4, -0.2) is 17.4 Å². The summed E-state index contributed by atoms with van der Waals surface area (Å²) in [5.74, 6) is 1.50. The summed E-state index contributed by atoms with van der Waals surface area (Å²) in [4.78, 5) is 15.6. The van der Waals surface area contributed by atoms with E-state index < -0.39 is 0 Å². The lowest BCUT2D eigenvalue weighted by Crippen LogP contribution is -1.98. The fourth-order valence-corrected chi connectivity index (χ4v) is 3.20. The first-order valence-corrected chi connectivity index (χ1v) is 8.76. The molecule has 0 fully saturated rings. The van der Waals surface area contributed by atoms with Crippen molar-refractivity contribution in [1.29, 1.82) is 0 Å². The van der Waals surface area contributed by atoms with E-state index >= 15 is 0 Å². The average molecular weight is 341 g/mol. The molecule has 3 aromatic rings. The van der Waals surface area contributed by atoms with Crippen molar-refractivity contribution in [3.63, 3.8) is 0 Å². The first-order chi connectivity index (χ1) is 11.7. The molecular formula is C19H19NO3S. The standard InChI is InChI=1S/C19H19NO3S/c1-3-22-17-12-14(9-8-13(2)21)10-11-16(17)23-19-20-15-6-4-5-7-18(15)24-19/h4-7,10-12H,3,8-9H2,1-2H3. The molecule has 0 atom stereocenters. The van der Waals surface area contributed by atoms with Crippen molar-refractivity contribution in [3.8, 4) is 16.7 Å². The number of rotatable bonds is 7. The van der Waals surface area contributed by atoms with Crippen molar-refractivity contribution in [1.82, 2.24) is 4.98 Å². The quantitative estimate of drug-likeness (QED) is 0.606. The van der Waals surface area contributed by atoms with Gasteiger partial charge in [-0.2, -0.15) is 0 Å². The third-order valence-electron chi connectivity index (χ3n) is 3.55. The van der Waals surface area contributed by atoms with Gasteiger partial charge in [-0.25, -0.2) is 4.98 Å². The monoisotopic (exact) mass is 341 g/mol. The number of benzene rings is 2. The minimum Gasteiger partial charge on any atom is -0.490 e. The number of aromatic nitrogens is 1. The Balaban J connectivity index is 1.84. The van der Waals surface area contributed by atoms with Gasteiger partial charge in [0.05, 0.1) is 16.8 Å². The molecule has 0 aliphatic heterocycles. The van der Waals surface area contributed by atoms with Crippen LogP contribution in [0.3, 0.4) is 0 Å². The summed E-state index contributed by atoms with van der Waals surface area (Å²) in [6, 6.07) is 13.7. The molecule has 5 heteroatoms. The Labute approximate surface area is 145 Å². The third kappa shape index (κ3) is 3.92. The summed E-state index contributed by atoms with van der Waals surface area (Å²) in [7, 11) is 0. The van der Waals surface area contributed by atoms with Crippen LogP contribution in [-0.2, 0) is 11.2 Å². The number of Topliss-reactive ketones (excluding diaryl/α,β-unsaturated/α-hetero) is 1. The number of hydrogen-bond acceptors (Lipinski definition) is 5. The van der Waals surface area contributed by atoms with Gasteiger partial charge >= 0.3 is 0 Å². The third-order valence-corrected chi connectivity index (χ3v) is 4.46. The number of aryl methyl sites for hydroxylation is 1. The molecule has 124 valence electrons.